The van der Waals surface area contributed by atoms with E-state index >= 15 is 0 Å². The highest BCUT2D eigenvalue weighted by Gasteiger charge is 2.04. The maximum absolute atomic E-state index is 5.78. The highest BCUT2D eigenvalue weighted by Crippen LogP contribution is 2.16. The van der Waals surface area contributed by atoms with Gasteiger partial charge in [0.25, 0.3) is 0 Å². The third-order valence-electron chi connectivity index (χ3n) is 1.61. The molecule has 0 aliphatic rings. The zero-order chi connectivity index (χ0) is 7.84. The van der Waals surface area contributed by atoms with Gasteiger partial charge in [0.05, 0.1) is 5.52 Å². The monoisotopic (exact) mass is 167 g/mol. The van der Waals surface area contributed by atoms with Gasteiger partial charge in [0.15, 0.2) is 5.15 Å². The Bertz CT molecular complexity index is 393. The number of hydrogen-bond acceptors (Lipinski definition) is 2. The van der Waals surface area contributed by atoms with E-state index in [1.165, 1.54) is 4.63 Å². The summed E-state index contributed by atoms with van der Waals surface area (Å²) in [6.07, 6.45) is 1.68. The van der Waals surface area contributed by atoms with E-state index in [4.69, 9.17) is 11.6 Å². The molecule has 2 rings (SSSR count). The molecule has 2 aromatic heterocycles. The fourth-order valence-corrected chi connectivity index (χ4v) is 1.15. The number of aryl methyl sites for hydroxylation is 1. The van der Waals surface area contributed by atoms with Crippen LogP contribution in [0.5, 0.6) is 0 Å². The van der Waals surface area contributed by atoms with Crippen LogP contribution in [-0.2, 0) is 0 Å². The molecular weight excluding hydrogens is 162 g/mol. The third-order valence-corrected chi connectivity index (χ3v) is 1.97. The summed E-state index contributed by atoms with van der Waals surface area (Å²) in [6.45, 7) is 1.92. The van der Waals surface area contributed by atoms with Gasteiger partial charge in [-0.2, -0.15) is 5.10 Å². The quantitative estimate of drug-likeness (QED) is 0.598. The first-order chi connectivity index (χ1) is 5.29. The molecule has 0 unspecified atom stereocenters. The molecular formula is C7H6ClN3. The minimum Gasteiger partial charge on any atom is -0.159 e. The molecule has 4 heteroatoms. The number of nitrogens with zero attached hydrogens (tertiary/aromatic N) is 3. The molecule has 0 aliphatic carbocycles. The molecule has 11 heavy (non-hydrogen) atoms. The van der Waals surface area contributed by atoms with Crippen molar-refractivity contribution in [3.8, 4) is 0 Å². The first-order valence-electron chi connectivity index (χ1n) is 3.25. The van der Waals surface area contributed by atoms with Crippen LogP contribution in [0.1, 0.15) is 5.56 Å². The van der Waals surface area contributed by atoms with Gasteiger partial charge >= 0.3 is 0 Å². The van der Waals surface area contributed by atoms with E-state index in [9.17, 15) is 0 Å². The molecule has 0 radical (unpaired) electrons. The predicted molar refractivity (Wildman–Crippen MR) is 42.7 cm³/mol. The Morgan fingerprint density at radius 2 is 2.36 bits per heavy atom. The minimum atomic E-state index is 0.517. The number of hydrogen-bond donors (Lipinski definition) is 0. The van der Waals surface area contributed by atoms with Crippen molar-refractivity contribution in [3.05, 3.63) is 29.0 Å². The second kappa shape index (κ2) is 2.20. The SMILES string of the molecule is Cc1c(Cl)nn2ncccc12. The van der Waals surface area contributed by atoms with E-state index in [0.717, 1.165) is 11.1 Å². The molecule has 0 atom stereocenters. The summed E-state index contributed by atoms with van der Waals surface area (Å²) in [5, 5.41) is 8.48. The van der Waals surface area contributed by atoms with Gasteiger partial charge in [-0.25, -0.2) is 0 Å². The van der Waals surface area contributed by atoms with Crippen LogP contribution >= 0.6 is 11.6 Å². The first kappa shape index (κ1) is 6.61. The lowest BCUT2D eigenvalue weighted by Gasteiger charge is -1.87. The first-order valence-corrected chi connectivity index (χ1v) is 3.63. The van der Waals surface area contributed by atoms with Crippen molar-refractivity contribution in [1.82, 2.24) is 14.8 Å². The fraction of sp³-hybridized carbons (Fsp3) is 0.143. The van der Waals surface area contributed by atoms with Crippen LogP contribution in [0.2, 0.25) is 5.15 Å². The molecule has 0 saturated carbocycles. The van der Waals surface area contributed by atoms with Crippen molar-refractivity contribution in [2.24, 2.45) is 0 Å². The van der Waals surface area contributed by atoms with Gasteiger partial charge in [0, 0.05) is 11.8 Å². The van der Waals surface area contributed by atoms with Gasteiger partial charge in [0.1, 0.15) is 0 Å². The number of halogens is 1. The Morgan fingerprint density at radius 1 is 1.55 bits per heavy atom. The van der Waals surface area contributed by atoms with E-state index in [2.05, 4.69) is 10.2 Å². The maximum Gasteiger partial charge on any atom is 0.156 e. The molecule has 0 N–H and O–H groups in total. The lowest BCUT2D eigenvalue weighted by Crippen LogP contribution is -1.90. The molecule has 0 bridgehead atoms. The smallest absolute Gasteiger partial charge is 0.156 e. The Labute approximate surface area is 68.6 Å². The Kier molecular flexibility index (Phi) is 1.32. The van der Waals surface area contributed by atoms with Crippen molar-refractivity contribution in [2.45, 2.75) is 6.92 Å². The molecule has 2 heterocycles. The molecule has 56 valence electrons. The lowest BCUT2D eigenvalue weighted by molar-refractivity contribution is 0.800. The minimum absolute atomic E-state index is 0.517. The second-order valence-corrected chi connectivity index (χ2v) is 2.67. The molecule has 0 spiro atoms. The van der Waals surface area contributed by atoms with Crippen molar-refractivity contribution in [3.63, 3.8) is 0 Å². The summed E-state index contributed by atoms with van der Waals surface area (Å²) in [5.41, 5.74) is 1.93. The molecule has 0 fully saturated rings. The third kappa shape index (κ3) is 0.886. The van der Waals surface area contributed by atoms with Crippen LogP contribution in [0.4, 0.5) is 0 Å². The van der Waals surface area contributed by atoms with Crippen molar-refractivity contribution in [1.29, 1.82) is 0 Å². The molecule has 2 aromatic rings. The molecule has 0 aromatic carbocycles. The topological polar surface area (TPSA) is 30.2 Å². The summed E-state index contributed by atoms with van der Waals surface area (Å²) < 4.78 is 1.53. The predicted octanol–water partition coefficient (Wildman–Crippen LogP) is 1.69. The molecule has 3 nitrogen and oxygen atoms in total. The van der Waals surface area contributed by atoms with Gasteiger partial charge in [-0.15, -0.1) is 9.73 Å². The summed E-state index contributed by atoms with van der Waals surface area (Å²) in [6, 6.07) is 3.79. The van der Waals surface area contributed by atoms with Gasteiger partial charge < -0.3 is 0 Å². The van der Waals surface area contributed by atoms with E-state index in [-0.39, 0.29) is 0 Å². The van der Waals surface area contributed by atoms with Crippen molar-refractivity contribution >= 4 is 17.1 Å². The largest absolute Gasteiger partial charge is 0.159 e. The Balaban J connectivity index is 2.92. The van der Waals surface area contributed by atoms with Gasteiger partial charge in [-0.05, 0) is 19.1 Å². The highest BCUT2D eigenvalue weighted by atomic mass is 35.5. The average molecular weight is 168 g/mol. The number of rotatable bonds is 0. The number of fused-ring (bicyclic) bond motifs is 1. The van der Waals surface area contributed by atoms with Crippen LogP contribution in [0, 0.1) is 6.92 Å². The summed E-state index contributed by atoms with van der Waals surface area (Å²) in [5.74, 6) is 0. The zero-order valence-corrected chi connectivity index (χ0v) is 6.71. The highest BCUT2D eigenvalue weighted by molar-refractivity contribution is 6.30. The Hall–Kier alpha value is -1.09. The average Bonchev–Trinajstić information content (AvgIpc) is 2.30. The fourth-order valence-electron chi connectivity index (χ4n) is 0.983. The van der Waals surface area contributed by atoms with E-state index in [1.54, 1.807) is 6.20 Å². The van der Waals surface area contributed by atoms with Gasteiger partial charge in [-0.3, -0.25) is 0 Å². The van der Waals surface area contributed by atoms with E-state index in [1.807, 2.05) is 19.1 Å². The van der Waals surface area contributed by atoms with Crippen LogP contribution in [0.15, 0.2) is 18.3 Å². The van der Waals surface area contributed by atoms with E-state index < -0.39 is 0 Å². The standard InChI is InChI=1S/C7H6ClN3/c1-5-6-3-2-4-9-11(6)10-7(5)8/h2-4H,1H3. The second-order valence-electron chi connectivity index (χ2n) is 2.31. The van der Waals surface area contributed by atoms with Crippen molar-refractivity contribution < 1.29 is 0 Å². The molecule has 0 amide bonds. The van der Waals surface area contributed by atoms with Crippen LogP contribution < -0.4 is 0 Å². The zero-order valence-electron chi connectivity index (χ0n) is 5.95. The summed E-state index contributed by atoms with van der Waals surface area (Å²) in [7, 11) is 0. The van der Waals surface area contributed by atoms with Crippen LogP contribution in [-0.4, -0.2) is 14.8 Å². The van der Waals surface area contributed by atoms with Crippen molar-refractivity contribution in [2.75, 3.05) is 0 Å². The van der Waals surface area contributed by atoms with Crippen LogP contribution in [0.25, 0.3) is 5.52 Å². The number of aromatic nitrogens is 3. The Morgan fingerprint density at radius 3 is 3.09 bits per heavy atom. The normalized spacial score (nSPS) is 10.7. The summed E-state index contributed by atoms with van der Waals surface area (Å²) >= 11 is 5.78. The van der Waals surface area contributed by atoms with Crippen LogP contribution in [0.3, 0.4) is 0 Å². The maximum atomic E-state index is 5.78. The molecule has 0 saturated heterocycles. The lowest BCUT2D eigenvalue weighted by atomic mass is 10.3. The van der Waals surface area contributed by atoms with Gasteiger partial charge in [0.2, 0.25) is 0 Å². The molecule has 0 aliphatic heterocycles. The van der Waals surface area contributed by atoms with Gasteiger partial charge in [-0.1, -0.05) is 11.6 Å². The summed E-state index contributed by atoms with van der Waals surface area (Å²) in [4.78, 5) is 0. The van der Waals surface area contributed by atoms with E-state index in [0.29, 0.717) is 5.15 Å².